The molecule has 0 saturated carbocycles. The maximum Gasteiger partial charge on any atom is 0.328 e. The molecule has 19 heavy (non-hydrogen) atoms. The number of nitrogens with zero attached hydrogens (tertiary/aromatic N) is 3. The van der Waals surface area contributed by atoms with Gasteiger partial charge >= 0.3 is 5.69 Å². The van der Waals surface area contributed by atoms with Crippen molar-refractivity contribution in [2.24, 2.45) is 0 Å². The molecule has 0 aliphatic heterocycles. The number of imidazole rings is 1. The molecule has 1 aromatic heterocycles. The van der Waals surface area contributed by atoms with Crippen LogP contribution in [0.2, 0.25) is 0 Å². The average Bonchev–Trinajstić information content (AvgIpc) is 2.79. The monoisotopic (exact) mass is 257 g/mol. The van der Waals surface area contributed by atoms with Gasteiger partial charge in [0.2, 0.25) is 0 Å². The third kappa shape index (κ3) is 2.52. The summed E-state index contributed by atoms with van der Waals surface area (Å²) in [6.07, 6.45) is 3.51. The Morgan fingerprint density at radius 3 is 2.63 bits per heavy atom. The number of benzene rings is 1. The summed E-state index contributed by atoms with van der Waals surface area (Å²) < 4.78 is 8.34. The van der Waals surface area contributed by atoms with Crippen molar-refractivity contribution in [1.82, 2.24) is 9.13 Å². The quantitative estimate of drug-likeness (QED) is 0.835. The zero-order chi connectivity index (χ0) is 13.8. The molecule has 5 nitrogen and oxygen atoms in total. The number of hydrogen-bond donors (Lipinski definition) is 0. The van der Waals surface area contributed by atoms with Gasteiger partial charge in [0.15, 0.2) is 0 Å². The third-order valence-corrected chi connectivity index (χ3v) is 3.00. The molecule has 0 saturated heterocycles. The van der Waals surface area contributed by atoms with Gasteiger partial charge in [-0.25, -0.2) is 4.79 Å². The maximum absolute atomic E-state index is 11.9. The van der Waals surface area contributed by atoms with Crippen LogP contribution in [0.15, 0.2) is 35.4 Å². The maximum atomic E-state index is 11.9. The number of aromatic nitrogens is 2. The van der Waals surface area contributed by atoms with E-state index in [1.165, 1.54) is 7.11 Å². The van der Waals surface area contributed by atoms with Gasteiger partial charge < -0.3 is 4.74 Å². The summed E-state index contributed by atoms with van der Waals surface area (Å²) in [4.78, 5) is 11.9. The van der Waals surface area contributed by atoms with Crippen LogP contribution in [0.4, 0.5) is 0 Å². The molecule has 0 fully saturated rings. The Balaban J connectivity index is 2.31. The van der Waals surface area contributed by atoms with Crippen LogP contribution in [0, 0.1) is 11.3 Å². The SMILES string of the molecule is CCn1ccn(Cc2ccc(OC)c(C#N)c2)c1=O. The van der Waals surface area contributed by atoms with Crippen LogP contribution in [0.5, 0.6) is 5.75 Å². The highest BCUT2D eigenvalue weighted by atomic mass is 16.5. The van der Waals surface area contributed by atoms with Crippen LogP contribution in [-0.2, 0) is 13.1 Å². The Kier molecular flexibility index (Phi) is 3.71. The molecule has 1 heterocycles. The van der Waals surface area contributed by atoms with Gasteiger partial charge in [-0.15, -0.1) is 0 Å². The molecule has 1 aromatic carbocycles. The first-order valence-electron chi connectivity index (χ1n) is 6.02. The first kappa shape index (κ1) is 13.0. The lowest BCUT2D eigenvalue weighted by Gasteiger charge is -2.06. The lowest BCUT2D eigenvalue weighted by molar-refractivity contribution is 0.413. The lowest BCUT2D eigenvalue weighted by Crippen LogP contribution is -2.23. The molecular formula is C14H15N3O2. The van der Waals surface area contributed by atoms with E-state index in [0.717, 1.165) is 5.56 Å². The Labute approximate surface area is 111 Å². The van der Waals surface area contributed by atoms with E-state index in [9.17, 15) is 4.79 Å². The molecular weight excluding hydrogens is 242 g/mol. The van der Waals surface area contributed by atoms with E-state index in [4.69, 9.17) is 10.00 Å². The highest BCUT2D eigenvalue weighted by Crippen LogP contribution is 2.19. The molecule has 0 N–H and O–H groups in total. The molecule has 98 valence electrons. The van der Waals surface area contributed by atoms with E-state index in [1.54, 1.807) is 33.7 Å². The van der Waals surface area contributed by atoms with Crippen LogP contribution in [-0.4, -0.2) is 16.2 Å². The van der Waals surface area contributed by atoms with Crippen LogP contribution in [0.3, 0.4) is 0 Å². The van der Waals surface area contributed by atoms with Crippen molar-refractivity contribution < 1.29 is 4.74 Å². The van der Waals surface area contributed by atoms with Gasteiger partial charge in [-0.05, 0) is 24.6 Å². The lowest BCUT2D eigenvalue weighted by atomic mass is 10.1. The van der Waals surface area contributed by atoms with Crippen molar-refractivity contribution in [3.63, 3.8) is 0 Å². The second-order valence-corrected chi connectivity index (χ2v) is 4.14. The fourth-order valence-electron chi connectivity index (χ4n) is 1.95. The van der Waals surface area contributed by atoms with Crippen molar-refractivity contribution in [3.05, 3.63) is 52.2 Å². The number of hydrogen-bond acceptors (Lipinski definition) is 3. The normalized spacial score (nSPS) is 10.2. The molecule has 2 aromatic rings. The van der Waals surface area contributed by atoms with Crippen LogP contribution in [0.1, 0.15) is 18.1 Å². The van der Waals surface area contributed by atoms with Gasteiger partial charge in [0.05, 0.1) is 19.2 Å². The Morgan fingerprint density at radius 2 is 2.05 bits per heavy atom. The minimum absolute atomic E-state index is 0.0446. The Morgan fingerprint density at radius 1 is 1.32 bits per heavy atom. The molecule has 2 rings (SSSR count). The smallest absolute Gasteiger partial charge is 0.328 e. The molecule has 0 amide bonds. The standard InChI is InChI=1S/C14H15N3O2/c1-3-16-6-7-17(14(16)18)10-11-4-5-13(19-2)12(8-11)9-15/h4-8H,3,10H2,1-2H3. The Bertz CT molecular complexity index is 677. The highest BCUT2D eigenvalue weighted by molar-refractivity contribution is 5.45. The van der Waals surface area contributed by atoms with E-state index >= 15 is 0 Å². The predicted octanol–water partition coefficient (Wildman–Crippen LogP) is 1.60. The largest absolute Gasteiger partial charge is 0.495 e. The van der Waals surface area contributed by atoms with Gasteiger partial charge in [0, 0.05) is 18.9 Å². The Hall–Kier alpha value is -2.48. The van der Waals surface area contributed by atoms with E-state index in [0.29, 0.717) is 24.4 Å². The molecule has 0 aliphatic rings. The number of rotatable bonds is 4. The van der Waals surface area contributed by atoms with E-state index in [2.05, 4.69) is 6.07 Å². The number of nitriles is 1. The first-order chi connectivity index (χ1) is 9.19. The van der Waals surface area contributed by atoms with Crippen LogP contribution >= 0.6 is 0 Å². The summed E-state index contributed by atoms with van der Waals surface area (Å²) in [6.45, 7) is 3.02. The molecule has 0 unspecified atom stereocenters. The van der Waals surface area contributed by atoms with Gasteiger partial charge in [0.25, 0.3) is 0 Å². The topological polar surface area (TPSA) is 59.9 Å². The fourth-order valence-corrected chi connectivity index (χ4v) is 1.95. The van der Waals surface area contributed by atoms with Gasteiger partial charge in [-0.3, -0.25) is 9.13 Å². The number of ether oxygens (including phenoxy) is 1. The van der Waals surface area contributed by atoms with E-state index < -0.39 is 0 Å². The summed E-state index contributed by atoms with van der Waals surface area (Å²) in [5.41, 5.74) is 1.33. The van der Waals surface area contributed by atoms with Crippen molar-refractivity contribution in [3.8, 4) is 11.8 Å². The van der Waals surface area contributed by atoms with E-state index in [-0.39, 0.29) is 5.69 Å². The molecule has 5 heteroatoms. The molecule has 0 spiro atoms. The highest BCUT2D eigenvalue weighted by Gasteiger charge is 2.06. The predicted molar refractivity (Wildman–Crippen MR) is 71.2 cm³/mol. The fraction of sp³-hybridized carbons (Fsp3) is 0.286. The summed E-state index contributed by atoms with van der Waals surface area (Å²) in [5.74, 6) is 0.546. The second-order valence-electron chi connectivity index (χ2n) is 4.14. The average molecular weight is 257 g/mol. The molecule has 0 radical (unpaired) electrons. The minimum Gasteiger partial charge on any atom is -0.495 e. The van der Waals surface area contributed by atoms with Crippen molar-refractivity contribution in [1.29, 1.82) is 5.26 Å². The molecule has 0 atom stereocenters. The van der Waals surface area contributed by atoms with Gasteiger partial charge in [0.1, 0.15) is 11.8 Å². The van der Waals surface area contributed by atoms with E-state index in [1.807, 2.05) is 13.0 Å². The zero-order valence-electron chi connectivity index (χ0n) is 11.0. The van der Waals surface area contributed by atoms with Gasteiger partial charge in [-0.2, -0.15) is 5.26 Å². The first-order valence-corrected chi connectivity index (χ1v) is 6.02. The zero-order valence-corrected chi connectivity index (χ0v) is 11.0. The van der Waals surface area contributed by atoms with Crippen LogP contribution in [0.25, 0.3) is 0 Å². The molecule has 0 aliphatic carbocycles. The minimum atomic E-state index is -0.0446. The van der Waals surface area contributed by atoms with Crippen molar-refractivity contribution in [2.75, 3.05) is 7.11 Å². The number of aryl methyl sites for hydroxylation is 1. The summed E-state index contributed by atoms with van der Waals surface area (Å²) in [5, 5.41) is 9.03. The number of methoxy groups -OCH3 is 1. The third-order valence-electron chi connectivity index (χ3n) is 3.00. The van der Waals surface area contributed by atoms with Crippen molar-refractivity contribution in [2.45, 2.75) is 20.0 Å². The van der Waals surface area contributed by atoms with Gasteiger partial charge in [-0.1, -0.05) is 6.07 Å². The summed E-state index contributed by atoms with van der Waals surface area (Å²) >= 11 is 0. The van der Waals surface area contributed by atoms with Crippen molar-refractivity contribution >= 4 is 0 Å². The summed E-state index contributed by atoms with van der Waals surface area (Å²) in [7, 11) is 1.53. The van der Waals surface area contributed by atoms with Crippen LogP contribution < -0.4 is 10.4 Å². The molecule has 0 bridgehead atoms. The summed E-state index contributed by atoms with van der Waals surface area (Å²) in [6, 6.07) is 7.43. The second kappa shape index (κ2) is 5.44.